The molecule has 0 aromatic rings. The van der Waals surface area contributed by atoms with Gasteiger partial charge in [-0.05, 0) is 50.6 Å². The molecule has 1 saturated heterocycles. The fourth-order valence-electron chi connectivity index (χ4n) is 2.98. The number of aliphatic hydroxyl groups excluding tert-OH is 1. The first-order valence-electron chi connectivity index (χ1n) is 8.92. The van der Waals surface area contributed by atoms with Gasteiger partial charge in [0.15, 0.2) is 0 Å². The Balaban J connectivity index is 2.01. The van der Waals surface area contributed by atoms with E-state index in [0.29, 0.717) is 17.9 Å². The minimum Gasteiger partial charge on any atom is -0.396 e. The van der Waals surface area contributed by atoms with Gasteiger partial charge in [0.2, 0.25) is 0 Å². The summed E-state index contributed by atoms with van der Waals surface area (Å²) in [4.78, 5) is 5.01. The van der Waals surface area contributed by atoms with Crippen molar-refractivity contribution in [2.75, 3.05) is 46.4 Å². The molecule has 1 atom stereocenters. The Kier molecular flexibility index (Phi) is 8.84. The van der Waals surface area contributed by atoms with Gasteiger partial charge in [-0.2, -0.15) is 0 Å². The van der Waals surface area contributed by atoms with Crippen molar-refractivity contribution in [2.24, 2.45) is 11.3 Å². The largest absolute Gasteiger partial charge is 0.396 e. The molecule has 3 heteroatoms. The monoisotopic (exact) mass is 298 g/mol. The molecule has 21 heavy (non-hydrogen) atoms. The predicted octanol–water partition coefficient (Wildman–Crippen LogP) is 3.23. The molecule has 0 aliphatic carbocycles. The number of rotatable bonds is 9. The topological polar surface area (TPSA) is 26.7 Å². The van der Waals surface area contributed by atoms with Crippen molar-refractivity contribution in [1.29, 1.82) is 0 Å². The first-order valence-corrected chi connectivity index (χ1v) is 8.92. The zero-order valence-electron chi connectivity index (χ0n) is 14.9. The van der Waals surface area contributed by atoms with Crippen LogP contribution in [0, 0.1) is 11.3 Å². The number of hydrogen-bond acceptors (Lipinski definition) is 3. The molecule has 1 fully saturated rings. The van der Waals surface area contributed by atoms with Crippen LogP contribution in [0.25, 0.3) is 0 Å². The van der Waals surface area contributed by atoms with Gasteiger partial charge < -0.3 is 14.9 Å². The summed E-state index contributed by atoms with van der Waals surface area (Å²) in [5.74, 6) is 0.521. The van der Waals surface area contributed by atoms with Gasteiger partial charge in [-0.3, -0.25) is 0 Å². The van der Waals surface area contributed by atoms with Gasteiger partial charge >= 0.3 is 0 Å². The molecule has 0 spiro atoms. The lowest BCUT2D eigenvalue weighted by molar-refractivity contribution is 0.151. The zero-order chi connectivity index (χ0) is 15.7. The van der Waals surface area contributed by atoms with Gasteiger partial charge in [0.1, 0.15) is 0 Å². The van der Waals surface area contributed by atoms with Gasteiger partial charge in [0, 0.05) is 32.8 Å². The molecule has 0 bridgehead atoms. The van der Waals surface area contributed by atoms with E-state index in [9.17, 15) is 5.11 Å². The van der Waals surface area contributed by atoms with Crippen molar-refractivity contribution in [2.45, 2.75) is 59.3 Å². The summed E-state index contributed by atoms with van der Waals surface area (Å²) >= 11 is 0. The van der Waals surface area contributed by atoms with Crippen LogP contribution < -0.4 is 0 Å². The van der Waals surface area contributed by atoms with Crippen LogP contribution in [0.15, 0.2) is 0 Å². The highest BCUT2D eigenvalue weighted by Gasteiger charge is 2.15. The molecular formula is C18H38N2O. The minimum absolute atomic E-state index is 0.370. The zero-order valence-corrected chi connectivity index (χ0v) is 14.9. The number of piperazine rings is 1. The first-order chi connectivity index (χ1) is 9.90. The van der Waals surface area contributed by atoms with Crippen molar-refractivity contribution >= 4 is 0 Å². The van der Waals surface area contributed by atoms with Crippen LogP contribution in [0.1, 0.15) is 59.3 Å². The van der Waals surface area contributed by atoms with Crippen molar-refractivity contribution in [3.8, 4) is 0 Å². The molecule has 0 unspecified atom stereocenters. The Labute approximate surface area is 132 Å². The molecule has 1 aliphatic heterocycles. The van der Waals surface area contributed by atoms with Crippen LogP contribution in [0.4, 0.5) is 0 Å². The number of hydrogen-bond donors (Lipinski definition) is 1. The summed E-state index contributed by atoms with van der Waals surface area (Å²) in [6, 6.07) is 0. The Morgan fingerprint density at radius 2 is 1.62 bits per heavy atom. The van der Waals surface area contributed by atoms with Crippen LogP contribution in [0.2, 0.25) is 0 Å². The van der Waals surface area contributed by atoms with Gasteiger partial charge in [0.05, 0.1) is 0 Å². The van der Waals surface area contributed by atoms with E-state index in [4.69, 9.17) is 0 Å². The maximum absolute atomic E-state index is 9.50. The number of likely N-dealkylation sites (N-methyl/N-ethyl adjacent to an activating group) is 1. The Morgan fingerprint density at radius 3 is 2.19 bits per heavy atom. The highest BCUT2D eigenvalue weighted by molar-refractivity contribution is 4.69. The second kappa shape index (κ2) is 9.81. The van der Waals surface area contributed by atoms with Gasteiger partial charge in [-0.1, -0.05) is 33.6 Å². The van der Waals surface area contributed by atoms with E-state index < -0.39 is 0 Å². The van der Waals surface area contributed by atoms with E-state index in [2.05, 4.69) is 37.6 Å². The number of unbranched alkanes of at least 4 members (excludes halogenated alkanes) is 2. The molecule has 1 rings (SSSR count). The lowest BCUT2D eigenvalue weighted by Crippen LogP contribution is -2.44. The standard InChI is InChI=1S/C18H38N2O/c1-18(2,3)10-9-17(16-21)8-6-5-7-11-20-14-12-19(4)13-15-20/h17,21H,5-16H2,1-4H3/t17-/m0/s1. The van der Waals surface area contributed by atoms with E-state index in [1.807, 2.05) is 0 Å². The normalized spacial score (nSPS) is 19.9. The fourth-order valence-corrected chi connectivity index (χ4v) is 2.98. The maximum atomic E-state index is 9.50. The second-order valence-corrected chi connectivity index (χ2v) is 8.14. The fraction of sp³-hybridized carbons (Fsp3) is 1.00. The van der Waals surface area contributed by atoms with E-state index in [0.717, 1.165) is 0 Å². The van der Waals surface area contributed by atoms with Gasteiger partial charge in [0.25, 0.3) is 0 Å². The van der Waals surface area contributed by atoms with Crippen LogP contribution in [-0.4, -0.2) is 61.3 Å². The van der Waals surface area contributed by atoms with Crippen LogP contribution in [0.3, 0.4) is 0 Å². The lowest BCUT2D eigenvalue weighted by atomic mass is 9.85. The Morgan fingerprint density at radius 1 is 0.952 bits per heavy atom. The quantitative estimate of drug-likeness (QED) is 0.662. The Bertz CT molecular complexity index is 254. The lowest BCUT2D eigenvalue weighted by Gasteiger charge is -2.32. The van der Waals surface area contributed by atoms with E-state index in [1.165, 1.54) is 71.2 Å². The summed E-state index contributed by atoms with van der Waals surface area (Å²) in [5, 5.41) is 9.50. The molecule has 0 saturated carbocycles. The molecule has 0 radical (unpaired) electrons. The molecule has 0 aromatic carbocycles. The number of nitrogens with zero attached hydrogens (tertiary/aromatic N) is 2. The summed E-state index contributed by atoms with van der Waals surface area (Å²) in [6.45, 7) is 13.4. The van der Waals surface area contributed by atoms with E-state index in [1.54, 1.807) is 0 Å². The van der Waals surface area contributed by atoms with Crippen molar-refractivity contribution in [3.05, 3.63) is 0 Å². The first kappa shape index (κ1) is 18.9. The van der Waals surface area contributed by atoms with Crippen molar-refractivity contribution in [1.82, 2.24) is 9.80 Å². The van der Waals surface area contributed by atoms with Gasteiger partial charge in [-0.25, -0.2) is 0 Å². The van der Waals surface area contributed by atoms with Crippen LogP contribution in [0.5, 0.6) is 0 Å². The average Bonchev–Trinajstić information content (AvgIpc) is 2.43. The molecular weight excluding hydrogens is 260 g/mol. The third-order valence-electron chi connectivity index (χ3n) is 4.74. The highest BCUT2D eigenvalue weighted by atomic mass is 16.3. The third kappa shape index (κ3) is 9.49. The second-order valence-electron chi connectivity index (χ2n) is 8.14. The maximum Gasteiger partial charge on any atom is 0.0459 e. The van der Waals surface area contributed by atoms with E-state index >= 15 is 0 Å². The van der Waals surface area contributed by atoms with Crippen molar-refractivity contribution < 1.29 is 5.11 Å². The van der Waals surface area contributed by atoms with Crippen LogP contribution in [-0.2, 0) is 0 Å². The molecule has 1 aliphatic rings. The van der Waals surface area contributed by atoms with Crippen molar-refractivity contribution in [3.63, 3.8) is 0 Å². The molecule has 0 amide bonds. The summed E-state index contributed by atoms with van der Waals surface area (Å²) in [6.07, 6.45) is 7.52. The predicted molar refractivity (Wildman–Crippen MR) is 91.7 cm³/mol. The minimum atomic E-state index is 0.370. The smallest absolute Gasteiger partial charge is 0.0459 e. The molecule has 1 heterocycles. The number of aliphatic hydroxyl groups is 1. The summed E-state index contributed by atoms with van der Waals surface area (Å²) in [7, 11) is 2.21. The molecule has 1 N–H and O–H groups in total. The average molecular weight is 299 g/mol. The third-order valence-corrected chi connectivity index (χ3v) is 4.74. The van der Waals surface area contributed by atoms with Gasteiger partial charge in [-0.15, -0.1) is 0 Å². The van der Waals surface area contributed by atoms with E-state index in [-0.39, 0.29) is 0 Å². The summed E-state index contributed by atoms with van der Waals surface area (Å²) < 4.78 is 0. The Hall–Kier alpha value is -0.120. The molecule has 126 valence electrons. The SMILES string of the molecule is CN1CCN(CCCCC[C@H](CO)CCC(C)(C)C)CC1. The van der Waals surface area contributed by atoms with Crippen LogP contribution >= 0.6 is 0 Å². The highest BCUT2D eigenvalue weighted by Crippen LogP contribution is 2.25. The molecule has 0 aromatic heterocycles. The summed E-state index contributed by atoms with van der Waals surface area (Å²) in [5.41, 5.74) is 0.398. The molecule has 3 nitrogen and oxygen atoms in total.